The number of unbranched alkanes of at least 4 members (excludes halogenated alkanes) is 1. The Balaban J connectivity index is 1.59. The van der Waals surface area contributed by atoms with Crippen molar-refractivity contribution in [3.8, 4) is 5.75 Å². The van der Waals surface area contributed by atoms with Gasteiger partial charge in [0.25, 0.3) is 0 Å². The van der Waals surface area contributed by atoms with Crippen molar-refractivity contribution in [2.75, 3.05) is 23.9 Å². The molecule has 5 heteroatoms. The highest BCUT2D eigenvalue weighted by atomic mass is 16.5. The van der Waals surface area contributed by atoms with Gasteiger partial charge in [0.1, 0.15) is 5.75 Å². The van der Waals surface area contributed by atoms with Crippen molar-refractivity contribution in [2.45, 2.75) is 64.7 Å². The zero-order valence-electron chi connectivity index (χ0n) is 16.6. The normalized spacial score (nSPS) is 22.7. The van der Waals surface area contributed by atoms with Crippen molar-refractivity contribution in [3.05, 3.63) is 18.2 Å². The average Bonchev–Trinajstić information content (AvgIpc) is 3.12. The molecule has 1 aromatic carbocycles. The second-order valence-electron chi connectivity index (χ2n) is 7.88. The number of benzene rings is 1. The number of hydrogen-bond donors (Lipinski definition) is 1. The van der Waals surface area contributed by atoms with Crippen LogP contribution in [0.2, 0.25) is 0 Å². The quantitative estimate of drug-likeness (QED) is 0.751. The van der Waals surface area contributed by atoms with Crippen LogP contribution in [0.4, 0.5) is 11.4 Å². The molecule has 0 radical (unpaired) electrons. The number of methoxy groups -OCH3 is 1. The molecule has 1 aliphatic heterocycles. The van der Waals surface area contributed by atoms with Crippen molar-refractivity contribution in [2.24, 2.45) is 11.8 Å². The van der Waals surface area contributed by atoms with Crippen LogP contribution in [0, 0.1) is 11.8 Å². The van der Waals surface area contributed by atoms with Crippen LogP contribution in [0.15, 0.2) is 18.2 Å². The summed E-state index contributed by atoms with van der Waals surface area (Å²) in [6.07, 6.45) is 9.61. The Bertz CT molecular complexity index is 666. The third kappa shape index (κ3) is 4.82. The van der Waals surface area contributed by atoms with Crippen molar-refractivity contribution in [1.82, 2.24) is 0 Å². The Morgan fingerprint density at radius 3 is 2.67 bits per heavy atom. The molecule has 3 rings (SSSR count). The smallest absolute Gasteiger partial charge is 0.227 e. The van der Waals surface area contributed by atoms with E-state index in [1.807, 2.05) is 18.2 Å². The first-order valence-corrected chi connectivity index (χ1v) is 10.4. The number of ether oxygens (including phenoxy) is 1. The number of nitrogens with one attached hydrogen (secondary N) is 1. The average molecular weight is 373 g/mol. The van der Waals surface area contributed by atoms with Gasteiger partial charge in [-0.25, -0.2) is 0 Å². The van der Waals surface area contributed by atoms with E-state index in [9.17, 15) is 9.59 Å². The molecular formula is C22H32N2O3. The first-order chi connectivity index (χ1) is 13.1. The standard InChI is InChI=1S/C22H32N2O3/c1-3-4-6-16-8-10-17(11-9-16)22(26)23-18-12-13-19(20(15-18)27-2)24-14-5-7-21(24)25/h12-13,15-17H,3-11,14H2,1-2H3,(H,23,26). The van der Waals surface area contributed by atoms with Crippen LogP contribution >= 0.6 is 0 Å². The summed E-state index contributed by atoms with van der Waals surface area (Å²) < 4.78 is 5.48. The van der Waals surface area contributed by atoms with E-state index in [4.69, 9.17) is 4.74 Å². The molecule has 1 saturated heterocycles. The van der Waals surface area contributed by atoms with Crippen LogP contribution < -0.4 is 15.0 Å². The van der Waals surface area contributed by atoms with E-state index in [0.29, 0.717) is 12.2 Å². The highest BCUT2D eigenvalue weighted by Crippen LogP contribution is 2.35. The Labute approximate surface area is 162 Å². The molecule has 1 N–H and O–H groups in total. The van der Waals surface area contributed by atoms with E-state index in [1.54, 1.807) is 12.0 Å². The SMILES string of the molecule is CCCCC1CCC(C(=O)Nc2ccc(N3CCCC3=O)c(OC)c2)CC1. The van der Waals surface area contributed by atoms with E-state index < -0.39 is 0 Å². The van der Waals surface area contributed by atoms with Gasteiger partial charge in [-0.05, 0) is 50.2 Å². The Hall–Kier alpha value is -2.04. The van der Waals surface area contributed by atoms with Crippen LogP contribution in [0.5, 0.6) is 5.75 Å². The molecule has 2 fully saturated rings. The fourth-order valence-corrected chi connectivity index (χ4v) is 4.33. The minimum Gasteiger partial charge on any atom is -0.494 e. The molecule has 2 amide bonds. The second kappa shape index (κ2) is 9.25. The second-order valence-corrected chi connectivity index (χ2v) is 7.88. The Kier molecular flexibility index (Phi) is 6.75. The molecule has 5 nitrogen and oxygen atoms in total. The first-order valence-electron chi connectivity index (χ1n) is 10.4. The van der Waals surface area contributed by atoms with Gasteiger partial charge in [0.05, 0.1) is 12.8 Å². The number of nitrogens with zero attached hydrogens (tertiary/aromatic N) is 1. The van der Waals surface area contributed by atoms with Gasteiger partial charge < -0.3 is 15.0 Å². The summed E-state index contributed by atoms with van der Waals surface area (Å²) in [6, 6.07) is 5.57. The molecule has 1 aliphatic carbocycles. The van der Waals surface area contributed by atoms with Gasteiger partial charge in [-0.2, -0.15) is 0 Å². The van der Waals surface area contributed by atoms with Crippen LogP contribution in [0.1, 0.15) is 64.7 Å². The lowest BCUT2D eigenvalue weighted by Gasteiger charge is -2.28. The first kappa shape index (κ1) is 19.7. The fraction of sp³-hybridized carbons (Fsp3) is 0.636. The predicted molar refractivity (Wildman–Crippen MR) is 108 cm³/mol. The van der Waals surface area contributed by atoms with Gasteiger partial charge in [0.15, 0.2) is 0 Å². The maximum absolute atomic E-state index is 12.7. The molecule has 0 aromatic heterocycles. The lowest BCUT2D eigenvalue weighted by Crippen LogP contribution is -2.27. The van der Waals surface area contributed by atoms with Crippen molar-refractivity contribution < 1.29 is 14.3 Å². The zero-order chi connectivity index (χ0) is 19.2. The summed E-state index contributed by atoms with van der Waals surface area (Å²) in [5.41, 5.74) is 1.52. The summed E-state index contributed by atoms with van der Waals surface area (Å²) in [5.74, 6) is 1.77. The molecule has 0 spiro atoms. The monoisotopic (exact) mass is 372 g/mol. The van der Waals surface area contributed by atoms with Gasteiger partial charge in [-0.3, -0.25) is 9.59 Å². The highest BCUT2D eigenvalue weighted by Gasteiger charge is 2.27. The van der Waals surface area contributed by atoms with Crippen molar-refractivity contribution >= 4 is 23.2 Å². The largest absolute Gasteiger partial charge is 0.494 e. The number of carbonyl (C=O) groups excluding carboxylic acids is 2. The number of rotatable bonds is 7. The summed E-state index contributed by atoms with van der Waals surface area (Å²) in [5, 5.41) is 3.05. The van der Waals surface area contributed by atoms with Gasteiger partial charge in [-0.15, -0.1) is 0 Å². The fourth-order valence-electron chi connectivity index (χ4n) is 4.33. The molecule has 0 atom stereocenters. The minimum atomic E-state index is 0.105. The summed E-state index contributed by atoms with van der Waals surface area (Å²) in [6.45, 7) is 2.96. The third-order valence-corrected chi connectivity index (χ3v) is 5.99. The van der Waals surface area contributed by atoms with E-state index in [-0.39, 0.29) is 17.7 Å². The van der Waals surface area contributed by atoms with Crippen LogP contribution in [-0.2, 0) is 9.59 Å². The topological polar surface area (TPSA) is 58.6 Å². The molecule has 1 aromatic rings. The molecule has 0 bridgehead atoms. The van der Waals surface area contributed by atoms with E-state index in [2.05, 4.69) is 12.2 Å². The van der Waals surface area contributed by atoms with Crippen LogP contribution in [0.3, 0.4) is 0 Å². The van der Waals surface area contributed by atoms with E-state index in [1.165, 1.54) is 19.3 Å². The predicted octanol–water partition coefficient (Wildman–Crippen LogP) is 4.76. The molecule has 1 heterocycles. The molecular weight excluding hydrogens is 340 g/mol. The maximum atomic E-state index is 12.7. The van der Waals surface area contributed by atoms with Crippen LogP contribution in [-0.4, -0.2) is 25.5 Å². The Morgan fingerprint density at radius 1 is 1.26 bits per heavy atom. The lowest BCUT2D eigenvalue weighted by atomic mass is 9.79. The van der Waals surface area contributed by atoms with E-state index >= 15 is 0 Å². The maximum Gasteiger partial charge on any atom is 0.227 e. The third-order valence-electron chi connectivity index (χ3n) is 5.99. The van der Waals surface area contributed by atoms with Gasteiger partial charge in [0.2, 0.25) is 11.8 Å². The van der Waals surface area contributed by atoms with Crippen LogP contribution in [0.25, 0.3) is 0 Å². The summed E-state index contributed by atoms with van der Waals surface area (Å²) in [4.78, 5) is 26.4. The highest BCUT2D eigenvalue weighted by molar-refractivity contribution is 5.98. The minimum absolute atomic E-state index is 0.105. The molecule has 0 unspecified atom stereocenters. The number of amides is 2. The Morgan fingerprint density at radius 2 is 2.04 bits per heavy atom. The summed E-state index contributed by atoms with van der Waals surface area (Å²) in [7, 11) is 1.60. The molecule has 2 aliphatic rings. The van der Waals surface area contributed by atoms with Gasteiger partial charge >= 0.3 is 0 Å². The zero-order valence-corrected chi connectivity index (χ0v) is 16.6. The summed E-state index contributed by atoms with van der Waals surface area (Å²) >= 11 is 0. The number of hydrogen-bond acceptors (Lipinski definition) is 3. The number of carbonyl (C=O) groups is 2. The molecule has 27 heavy (non-hydrogen) atoms. The molecule has 1 saturated carbocycles. The van der Waals surface area contributed by atoms with Gasteiger partial charge in [0, 0.05) is 30.6 Å². The van der Waals surface area contributed by atoms with Crippen molar-refractivity contribution in [1.29, 1.82) is 0 Å². The van der Waals surface area contributed by atoms with Crippen molar-refractivity contribution in [3.63, 3.8) is 0 Å². The number of anilines is 2. The lowest BCUT2D eigenvalue weighted by molar-refractivity contribution is -0.121. The van der Waals surface area contributed by atoms with E-state index in [0.717, 1.165) is 55.9 Å². The molecule has 148 valence electrons. The van der Waals surface area contributed by atoms with Gasteiger partial charge in [-0.1, -0.05) is 26.2 Å².